The molecule has 0 aliphatic heterocycles. The van der Waals surface area contributed by atoms with Gasteiger partial charge in [0.2, 0.25) is 0 Å². The molecule has 0 spiro atoms. The minimum atomic E-state index is 0.512. The third-order valence-corrected chi connectivity index (χ3v) is 1.41. The van der Waals surface area contributed by atoms with Crippen molar-refractivity contribution < 1.29 is 4.84 Å². The molecule has 1 rings (SSSR count). The second-order valence-corrected chi connectivity index (χ2v) is 2.12. The van der Waals surface area contributed by atoms with E-state index < -0.39 is 0 Å². The van der Waals surface area contributed by atoms with Crippen molar-refractivity contribution in [3.05, 3.63) is 18.3 Å². The number of hydrogen-bond acceptors (Lipinski definition) is 4. The Balaban J connectivity index is 2.81. The first-order valence-electron chi connectivity index (χ1n) is 3.23. The zero-order chi connectivity index (χ0) is 8.27. The summed E-state index contributed by atoms with van der Waals surface area (Å²) in [5.41, 5.74) is 6.27. The molecular formula is C7H11N3O. The largest absolute Gasteiger partial charge is 0.384 e. The zero-order valence-electron chi connectivity index (χ0n) is 6.61. The lowest BCUT2D eigenvalue weighted by atomic mass is 10.4. The van der Waals surface area contributed by atoms with Crippen LogP contribution in [-0.2, 0) is 4.84 Å². The van der Waals surface area contributed by atoms with Crippen LogP contribution in [0.2, 0.25) is 0 Å². The van der Waals surface area contributed by atoms with Crippen LogP contribution < -0.4 is 10.8 Å². The molecule has 0 radical (unpaired) electrons. The smallest absolute Gasteiger partial charge is 0.123 e. The Hall–Kier alpha value is -1.29. The van der Waals surface area contributed by atoms with E-state index in [4.69, 9.17) is 10.6 Å². The molecule has 60 valence electrons. The highest BCUT2D eigenvalue weighted by Gasteiger charge is 1.97. The standard InChI is InChI=1S/C7H11N3O/c1-10(11-2)6-3-4-7(8)9-5-6/h3-5H,1-2H3,(H2,8,9). The van der Waals surface area contributed by atoms with E-state index in [2.05, 4.69) is 4.98 Å². The van der Waals surface area contributed by atoms with Crippen molar-refractivity contribution in [2.75, 3.05) is 25.0 Å². The van der Waals surface area contributed by atoms with E-state index in [1.807, 2.05) is 6.07 Å². The predicted octanol–water partition coefficient (Wildman–Crippen LogP) is 0.661. The highest BCUT2D eigenvalue weighted by molar-refractivity contribution is 5.45. The summed E-state index contributed by atoms with van der Waals surface area (Å²) in [6, 6.07) is 3.57. The Labute approximate surface area is 65.5 Å². The monoisotopic (exact) mass is 153 g/mol. The van der Waals surface area contributed by atoms with Gasteiger partial charge in [0.05, 0.1) is 19.0 Å². The number of nitrogens with zero attached hydrogens (tertiary/aromatic N) is 2. The Morgan fingerprint density at radius 3 is 2.73 bits per heavy atom. The van der Waals surface area contributed by atoms with Gasteiger partial charge in [0.15, 0.2) is 0 Å². The first-order valence-corrected chi connectivity index (χ1v) is 3.23. The van der Waals surface area contributed by atoms with Gasteiger partial charge < -0.3 is 5.73 Å². The predicted molar refractivity (Wildman–Crippen MR) is 44.1 cm³/mol. The maximum absolute atomic E-state index is 5.40. The molecule has 1 aromatic rings. The topological polar surface area (TPSA) is 51.4 Å². The van der Waals surface area contributed by atoms with Crippen molar-refractivity contribution in [3.8, 4) is 0 Å². The summed E-state index contributed by atoms with van der Waals surface area (Å²) in [7, 11) is 3.39. The van der Waals surface area contributed by atoms with Crippen molar-refractivity contribution in [1.29, 1.82) is 0 Å². The van der Waals surface area contributed by atoms with Crippen LogP contribution in [0.4, 0.5) is 11.5 Å². The molecule has 2 N–H and O–H groups in total. The van der Waals surface area contributed by atoms with Gasteiger partial charge in [0.25, 0.3) is 0 Å². The van der Waals surface area contributed by atoms with Gasteiger partial charge in [-0.2, -0.15) is 0 Å². The third-order valence-electron chi connectivity index (χ3n) is 1.41. The summed E-state index contributed by atoms with van der Waals surface area (Å²) in [6.07, 6.45) is 1.65. The van der Waals surface area contributed by atoms with Gasteiger partial charge in [-0.3, -0.25) is 9.90 Å². The maximum atomic E-state index is 5.40. The molecular weight excluding hydrogens is 142 g/mol. The number of aromatic nitrogens is 1. The molecule has 0 atom stereocenters. The summed E-state index contributed by atoms with van der Waals surface area (Å²) in [4.78, 5) is 8.83. The van der Waals surface area contributed by atoms with Gasteiger partial charge in [-0.1, -0.05) is 0 Å². The number of nitrogens with two attached hydrogens (primary N) is 1. The van der Waals surface area contributed by atoms with E-state index in [1.165, 1.54) is 0 Å². The second kappa shape index (κ2) is 3.21. The van der Waals surface area contributed by atoms with Crippen molar-refractivity contribution >= 4 is 11.5 Å². The second-order valence-electron chi connectivity index (χ2n) is 2.12. The van der Waals surface area contributed by atoms with E-state index in [1.54, 1.807) is 31.5 Å². The first kappa shape index (κ1) is 7.81. The van der Waals surface area contributed by atoms with Crippen LogP contribution in [0.25, 0.3) is 0 Å². The van der Waals surface area contributed by atoms with Crippen LogP contribution in [0.5, 0.6) is 0 Å². The Morgan fingerprint density at radius 1 is 1.55 bits per heavy atom. The lowest BCUT2D eigenvalue weighted by molar-refractivity contribution is 0.184. The highest BCUT2D eigenvalue weighted by atomic mass is 16.7. The van der Waals surface area contributed by atoms with Crippen LogP contribution in [0.15, 0.2) is 18.3 Å². The van der Waals surface area contributed by atoms with Crippen molar-refractivity contribution in [1.82, 2.24) is 4.98 Å². The lowest BCUT2D eigenvalue weighted by Crippen LogP contribution is -2.14. The van der Waals surface area contributed by atoms with Crippen LogP contribution in [0, 0.1) is 0 Å². The number of anilines is 2. The summed E-state index contributed by atoms with van der Waals surface area (Å²) >= 11 is 0. The Morgan fingerprint density at radius 2 is 2.27 bits per heavy atom. The van der Waals surface area contributed by atoms with E-state index in [0.29, 0.717) is 5.82 Å². The first-order chi connectivity index (χ1) is 5.24. The van der Waals surface area contributed by atoms with Crippen LogP contribution in [0.3, 0.4) is 0 Å². The molecule has 11 heavy (non-hydrogen) atoms. The average molecular weight is 153 g/mol. The number of nitrogen functional groups attached to an aromatic ring is 1. The minimum Gasteiger partial charge on any atom is -0.384 e. The van der Waals surface area contributed by atoms with E-state index in [-0.39, 0.29) is 0 Å². The number of hydroxylamine groups is 1. The Kier molecular flexibility index (Phi) is 2.28. The summed E-state index contributed by atoms with van der Waals surface area (Å²) < 4.78 is 0. The Bertz CT molecular complexity index is 222. The fourth-order valence-corrected chi connectivity index (χ4v) is 0.689. The SMILES string of the molecule is CON(C)c1ccc(N)nc1. The lowest BCUT2D eigenvalue weighted by Gasteiger charge is -2.14. The summed E-state index contributed by atoms with van der Waals surface area (Å²) in [6.45, 7) is 0. The van der Waals surface area contributed by atoms with Crippen molar-refractivity contribution in [2.24, 2.45) is 0 Å². The summed E-state index contributed by atoms with van der Waals surface area (Å²) in [5, 5.41) is 1.60. The van der Waals surface area contributed by atoms with Crippen molar-refractivity contribution in [3.63, 3.8) is 0 Å². The fraction of sp³-hybridized carbons (Fsp3) is 0.286. The van der Waals surface area contributed by atoms with E-state index in [0.717, 1.165) is 5.69 Å². The minimum absolute atomic E-state index is 0.512. The van der Waals surface area contributed by atoms with Crippen LogP contribution >= 0.6 is 0 Å². The zero-order valence-corrected chi connectivity index (χ0v) is 6.61. The molecule has 0 aromatic carbocycles. The molecule has 0 fully saturated rings. The van der Waals surface area contributed by atoms with Gasteiger partial charge in [0, 0.05) is 7.05 Å². The fourth-order valence-electron chi connectivity index (χ4n) is 0.689. The maximum Gasteiger partial charge on any atom is 0.123 e. The molecule has 0 aliphatic rings. The highest BCUT2D eigenvalue weighted by Crippen LogP contribution is 2.10. The third kappa shape index (κ3) is 1.81. The quantitative estimate of drug-likeness (QED) is 0.634. The van der Waals surface area contributed by atoms with E-state index in [9.17, 15) is 0 Å². The number of rotatable bonds is 2. The number of hydrogen-bond donors (Lipinski definition) is 1. The molecule has 1 heterocycles. The van der Waals surface area contributed by atoms with Crippen LogP contribution in [-0.4, -0.2) is 19.1 Å². The van der Waals surface area contributed by atoms with Gasteiger partial charge in [0.1, 0.15) is 5.82 Å². The van der Waals surface area contributed by atoms with E-state index >= 15 is 0 Å². The van der Waals surface area contributed by atoms with Gasteiger partial charge in [-0.25, -0.2) is 4.98 Å². The molecule has 1 aromatic heterocycles. The molecule has 0 unspecified atom stereocenters. The molecule has 0 saturated heterocycles. The molecule has 4 nitrogen and oxygen atoms in total. The molecule has 0 saturated carbocycles. The van der Waals surface area contributed by atoms with Crippen molar-refractivity contribution in [2.45, 2.75) is 0 Å². The summed E-state index contributed by atoms with van der Waals surface area (Å²) in [5.74, 6) is 0.512. The molecule has 0 amide bonds. The molecule has 4 heteroatoms. The number of pyridine rings is 1. The van der Waals surface area contributed by atoms with Gasteiger partial charge >= 0.3 is 0 Å². The van der Waals surface area contributed by atoms with Crippen LogP contribution in [0.1, 0.15) is 0 Å². The van der Waals surface area contributed by atoms with Gasteiger partial charge in [-0.15, -0.1) is 0 Å². The molecule has 0 bridgehead atoms. The average Bonchev–Trinajstić information content (AvgIpc) is 2.05. The normalized spacial score (nSPS) is 9.64. The van der Waals surface area contributed by atoms with Gasteiger partial charge in [-0.05, 0) is 12.1 Å². The molecule has 0 aliphatic carbocycles.